The van der Waals surface area contributed by atoms with Crippen LogP contribution < -0.4 is 11.2 Å². The summed E-state index contributed by atoms with van der Waals surface area (Å²) in [6.07, 6.45) is 2.80. The third kappa shape index (κ3) is 4.27. The summed E-state index contributed by atoms with van der Waals surface area (Å²) < 4.78 is 0. The molecule has 1 rings (SSSR count). The molecular weight excluding hydrogens is 287 g/mol. The Hall–Kier alpha value is -1.22. The molecule has 95 valence electrons. The molecule has 0 saturated heterocycles. The zero-order valence-corrected chi connectivity index (χ0v) is 10.8. The molecule has 17 heavy (non-hydrogen) atoms. The fourth-order valence-electron chi connectivity index (χ4n) is 1.08. The Morgan fingerprint density at radius 3 is 2.88 bits per heavy atom. The van der Waals surface area contributed by atoms with Crippen molar-refractivity contribution in [2.24, 2.45) is 10.8 Å². The van der Waals surface area contributed by atoms with Gasteiger partial charge in [-0.1, -0.05) is 0 Å². The van der Waals surface area contributed by atoms with Gasteiger partial charge in [0, 0.05) is 34.1 Å². The van der Waals surface area contributed by atoms with Crippen LogP contribution in [-0.2, 0) is 23.4 Å². The van der Waals surface area contributed by atoms with E-state index >= 15 is 0 Å². The van der Waals surface area contributed by atoms with E-state index in [-0.39, 0.29) is 34.2 Å². The van der Waals surface area contributed by atoms with Crippen LogP contribution in [0.4, 0.5) is 0 Å². The van der Waals surface area contributed by atoms with Crippen LogP contribution in [0.5, 0.6) is 5.75 Å². The number of thiocarbonyl (C=S) groups is 1. The van der Waals surface area contributed by atoms with Crippen molar-refractivity contribution in [3.63, 3.8) is 0 Å². The van der Waals surface area contributed by atoms with Gasteiger partial charge in [0.05, 0.1) is 18.5 Å². The molecule has 1 radical (unpaired) electrons. The molecule has 0 saturated carbocycles. The number of aliphatic hydroxyl groups excluding tert-OH is 1. The zero-order chi connectivity index (χ0) is 12.1. The predicted molar refractivity (Wildman–Crippen MR) is 64.1 cm³/mol. The molecule has 0 atom stereocenters. The number of aliphatic hydroxyl groups is 1. The molecule has 0 aliphatic heterocycles. The molecule has 1 aromatic rings. The summed E-state index contributed by atoms with van der Waals surface area (Å²) in [5, 5.41) is 22.5. The number of hydrogen-bond acceptors (Lipinski definition) is 5. The summed E-state index contributed by atoms with van der Waals surface area (Å²) in [4.78, 5) is 3.91. The topological polar surface area (TPSA) is 104 Å². The fraction of sp³-hybridized carbons (Fsp3) is 0.222. The maximum atomic E-state index is 9.72. The van der Waals surface area contributed by atoms with Crippen LogP contribution in [0.3, 0.4) is 0 Å². The minimum Gasteiger partial charge on any atom is -0.505 e. The molecule has 6 nitrogen and oxygen atoms in total. The van der Waals surface area contributed by atoms with E-state index in [1.807, 2.05) is 0 Å². The summed E-state index contributed by atoms with van der Waals surface area (Å²) in [5.41, 5.74) is 8.84. The van der Waals surface area contributed by atoms with Crippen LogP contribution in [0.25, 0.3) is 0 Å². The largest absolute Gasteiger partial charge is 0.505 e. The molecule has 8 heteroatoms. The smallest absolute Gasteiger partial charge is 0.184 e. The summed E-state index contributed by atoms with van der Waals surface area (Å²) in [6, 6.07) is 0. The van der Waals surface area contributed by atoms with E-state index in [1.54, 1.807) is 6.92 Å². The molecule has 0 fully saturated rings. The monoisotopic (exact) mass is 299 g/mol. The second-order valence-electron chi connectivity index (χ2n) is 3.02. The average Bonchev–Trinajstić information content (AvgIpc) is 2.24. The molecule has 0 aromatic carbocycles. The number of aryl methyl sites for hydroxylation is 1. The first-order chi connectivity index (χ1) is 7.56. The first-order valence-corrected chi connectivity index (χ1v) is 4.84. The number of pyridine rings is 1. The number of hydrogen-bond donors (Lipinski definition) is 4. The first kappa shape index (κ1) is 15.8. The molecule has 0 unspecified atom stereocenters. The molecule has 1 aromatic heterocycles. The van der Waals surface area contributed by atoms with Crippen molar-refractivity contribution >= 4 is 23.5 Å². The molecule has 0 aliphatic rings. The Balaban J connectivity index is 0.00000256. The van der Waals surface area contributed by atoms with Gasteiger partial charge in [-0.15, -0.1) is 0 Å². The Kier molecular flexibility index (Phi) is 6.65. The Morgan fingerprint density at radius 1 is 1.71 bits per heavy atom. The van der Waals surface area contributed by atoms with Crippen molar-refractivity contribution in [2.45, 2.75) is 13.5 Å². The Bertz CT molecular complexity index is 439. The van der Waals surface area contributed by atoms with E-state index in [9.17, 15) is 5.11 Å². The van der Waals surface area contributed by atoms with Gasteiger partial charge in [-0.2, -0.15) is 5.10 Å². The Morgan fingerprint density at radius 2 is 2.35 bits per heavy atom. The summed E-state index contributed by atoms with van der Waals surface area (Å²) in [5.74, 6) is -0.0277. The van der Waals surface area contributed by atoms with Gasteiger partial charge in [-0.25, -0.2) is 0 Å². The quantitative estimate of drug-likeness (QED) is 0.349. The van der Waals surface area contributed by atoms with E-state index in [0.29, 0.717) is 16.8 Å². The first-order valence-electron chi connectivity index (χ1n) is 4.43. The van der Waals surface area contributed by atoms with Gasteiger partial charge in [0.1, 0.15) is 5.75 Å². The van der Waals surface area contributed by atoms with Gasteiger partial charge < -0.3 is 15.9 Å². The van der Waals surface area contributed by atoms with E-state index in [0.717, 1.165) is 0 Å². The molecule has 0 aliphatic carbocycles. The number of hydrazone groups is 1. The number of nitrogens with one attached hydrogen (secondary N) is 1. The molecule has 0 bridgehead atoms. The van der Waals surface area contributed by atoms with Crippen molar-refractivity contribution < 1.29 is 27.0 Å². The van der Waals surface area contributed by atoms with Gasteiger partial charge in [-0.05, 0) is 19.1 Å². The van der Waals surface area contributed by atoms with Crippen LogP contribution >= 0.6 is 12.2 Å². The molecule has 5 N–H and O–H groups in total. The van der Waals surface area contributed by atoms with Gasteiger partial charge >= 0.3 is 0 Å². The maximum Gasteiger partial charge on any atom is 0.184 e. The minimum absolute atomic E-state index is 0. The van der Waals surface area contributed by atoms with E-state index < -0.39 is 0 Å². The number of nitrogens with zero attached hydrogens (tertiary/aromatic N) is 2. The molecular formula is C9H12CoN4O2S. The van der Waals surface area contributed by atoms with Crippen molar-refractivity contribution in [3.8, 4) is 5.75 Å². The zero-order valence-electron chi connectivity index (χ0n) is 8.97. The van der Waals surface area contributed by atoms with Crippen LogP contribution in [0.2, 0.25) is 0 Å². The minimum atomic E-state index is -0.241. The van der Waals surface area contributed by atoms with Crippen molar-refractivity contribution in [1.82, 2.24) is 10.4 Å². The summed E-state index contributed by atoms with van der Waals surface area (Å²) in [7, 11) is 0. The molecule has 1 heterocycles. The SMILES string of the molecule is Cc1ncc(CO)c(C=NNC(N)=S)c1O.[Co]. The van der Waals surface area contributed by atoms with E-state index in [4.69, 9.17) is 10.8 Å². The van der Waals surface area contributed by atoms with Gasteiger partial charge in [0.2, 0.25) is 0 Å². The number of aromatic hydroxyl groups is 1. The number of rotatable bonds is 3. The molecule has 0 spiro atoms. The normalized spacial score (nSPS) is 10.0. The second-order valence-corrected chi connectivity index (χ2v) is 3.46. The van der Waals surface area contributed by atoms with Crippen LogP contribution in [0.1, 0.15) is 16.8 Å². The van der Waals surface area contributed by atoms with E-state index in [2.05, 4.69) is 27.7 Å². The maximum absolute atomic E-state index is 9.72. The van der Waals surface area contributed by atoms with Crippen LogP contribution in [0.15, 0.2) is 11.3 Å². The fourth-order valence-corrected chi connectivity index (χ4v) is 1.14. The van der Waals surface area contributed by atoms with Crippen LogP contribution in [-0.4, -0.2) is 26.5 Å². The van der Waals surface area contributed by atoms with Gasteiger partial charge in [0.15, 0.2) is 5.11 Å². The Labute approximate surface area is 114 Å². The third-order valence-electron chi connectivity index (χ3n) is 1.90. The van der Waals surface area contributed by atoms with Gasteiger partial charge in [0.25, 0.3) is 0 Å². The van der Waals surface area contributed by atoms with Crippen molar-refractivity contribution in [3.05, 3.63) is 23.0 Å². The number of nitrogens with two attached hydrogens (primary N) is 1. The third-order valence-corrected chi connectivity index (χ3v) is 1.99. The number of aromatic nitrogens is 1. The molecule has 0 amide bonds. The summed E-state index contributed by atoms with van der Waals surface area (Å²) in [6.45, 7) is 1.41. The van der Waals surface area contributed by atoms with E-state index in [1.165, 1.54) is 12.4 Å². The van der Waals surface area contributed by atoms with Crippen LogP contribution in [0, 0.1) is 6.92 Å². The summed E-state index contributed by atoms with van der Waals surface area (Å²) >= 11 is 4.56. The van der Waals surface area contributed by atoms with Crippen molar-refractivity contribution in [2.75, 3.05) is 0 Å². The standard InChI is InChI=1S/C9H12N4O2S.Co/c1-5-8(15)7(3-12-13-9(10)16)6(4-14)2-11-5;/h2-3,14-15H,4H2,1H3,(H3,10,13,16);. The predicted octanol–water partition coefficient (Wildman–Crippen LogP) is -0.247. The van der Waals surface area contributed by atoms with Gasteiger partial charge in [-0.3, -0.25) is 10.4 Å². The van der Waals surface area contributed by atoms with Crippen molar-refractivity contribution in [1.29, 1.82) is 0 Å². The second kappa shape index (κ2) is 7.17. The average molecular weight is 299 g/mol.